The number of carbonyl (C=O) groups excluding carboxylic acids is 2. The van der Waals surface area contributed by atoms with Crippen LogP contribution in [0.4, 0.5) is 0 Å². The topological polar surface area (TPSA) is 92.4 Å². The molecule has 1 unspecified atom stereocenters. The highest BCUT2D eigenvalue weighted by Crippen LogP contribution is 2.25. The second kappa shape index (κ2) is 35.0. The number of unbranched alkanes of at least 4 members (excludes halogenated alkanes) is 30. The third-order valence-corrected chi connectivity index (χ3v) is 11.4. The fourth-order valence-corrected chi connectivity index (χ4v) is 7.76. The van der Waals surface area contributed by atoms with Crippen LogP contribution in [0.15, 0.2) is 24.3 Å². The van der Waals surface area contributed by atoms with Crippen LogP contribution < -0.4 is 11.1 Å². The maximum atomic E-state index is 12.9. The molecule has 0 aliphatic heterocycles. The van der Waals surface area contributed by atoms with E-state index < -0.39 is 11.6 Å². The van der Waals surface area contributed by atoms with E-state index in [0.29, 0.717) is 17.4 Å². The molecule has 0 radical (unpaired) electrons. The van der Waals surface area contributed by atoms with Crippen molar-refractivity contribution in [3.05, 3.63) is 35.4 Å². The summed E-state index contributed by atoms with van der Waals surface area (Å²) < 4.78 is 0. The molecule has 1 atom stereocenters. The molecule has 5 heteroatoms. The van der Waals surface area contributed by atoms with E-state index >= 15 is 0 Å². The summed E-state index contributed by atoms with van der Waals surface area (Å²) in [7, 11) is 0. The van der Waals surface area contributed by atoms with Crippen molar-refractivity contribution >= 4 is 12.2 Å². The van der Waals surface area contributed by atoms with Crippen molar-refractivity contribution in [3.63, 3.8) is 0 Å². The highest BCUT2D eigenvalue weighted by atomic mass is 16.3. The molecule has 0 aliphatic carbocycles. The van der Waals surface area contributed by atoms with E-state index in [1.165, 1.54) is 180 Å². The zero-order chi connectivity index (χ0) is 37.8. The van der Waals surface area contributed by atoms with Gasteiger partial charge in [0.15, 0.2) is 6.29 Å². The number of carbonyl (C=O) groups is 2. The lowest BCUT2D eigenvalue weighted by Crippen LogP contribution is -2.55. The van der Waals surface area contributed by atoms with Crippen LogP contribution in [0.25, 0.3) is 0 Å². The molecule has 1 amide bonds. The van der Waals surface area contributed by atoms with Crippen LogP contribution in [0.3, 0.4) is 0 Å². The number of nitrogens with one attached hydrogen (secondary N) is 1. The van der Waals surface area contributed by atoms with Crippen molar-refractivity contribution in [2.75, 3.05) is 6.54 Å². The van der Waals surface area contributed by atoms with Gasteiger partial charge in [-0.3, -0.25) is 9.59 Å². The first-order chi connectivity index (χ1) is 25.5. The lowest BCUT2D eigenvalue weighted by molar-refractivity contribution is 0.0630. The summed E-state index contributed by atoms with van der Waals surface area (Å²) in [6.07, 6.45) is 44.0. The van der Waals surface area contributed by atoms with Crippen LogP contribution in [0.1, 0.15) is 253 Å². The molecule has 0 fully saturated rings. The van der Waals surface area contributed by atoms with E-state index in [2.05, 4.69) is 19.2 Å². The molecule has 52 heavy (non-hydrogen) atoms. The number of rotatable bonds is 39. The Bertz CT molecular complexity index is 914. The number of nitrogens with two attached hydrogens (primary N) is 1. The Hall–Kier alpha value is -1.72. The maximum absolute atomic E-state index is 12.9. The van der Waals surface area contributed by atoms with E-state index in [0.717, 1.165) is 38.5 Å². The lowest BCUT2D eigenvalue weighted by atomic mass is 9.82. The van der Waals surface area contributed by atoms with Gasteiger partial charge in [0.1, 0.15) is 0 Å². The summed E-state index contributed by atoms with van der Waals surface area (Å²) in [4.78, 5) is 24.3. The predicted octanol–water partition coefficient (Wildman–Crippen LogP) is 13.6. The minimum atomic E-state index is -0.826. The standard InChI is InChI=1S/C47H86N2O3/c1-3-5-7-9-11-13-15-17-19-21-23-25-27-29-31-35-39-47(48,45(51)41-49-46(52)44-38-34-33-37-43(44)42-50)40-36-32-30-28-26-24-22-20-18-16-14-12-10-8-6-4-2/h33-34,37-38,42,45,51H,3-32,35-36,39-41,48H2,1-2H3,(H,49,52). The molecule has 302 valence electrons. The van der Waals surface area contributed by atoms with Gasteiger partial charge >= 0.3 is 0 Å². The fraction of sp³-hybridized carbons (Fsp3) is 0.830. The number of aliphatic hydroxyl groups is 1. The Morgan fingerprint density at radius 1 is 0.577 bits per heavy atom. The van der Waals surface area contributed by atoms with Gasteiger partial charge in [0.2, 0.25) is 0 Å². The molecule has 0 aliphatic rings. The Balaban J connectivity index is 2.32. The number of aldehydes is 1. The van der Waals surface area contributed by atoms with Crippen LogP contribution in [0, 0.1) is 0 Å². The second-order valence-corrected chi connectivity index (χ2v) is 16.3. The molecule has 4 N–H and O–H groups in total. The van der Waals surface area contributed by atoms with E-state index in [9.17, 15) is 14.7 Å². The number of aliphatic hydroxyl groups excluding tert-OH is 1. The average molecular weight is 727 g/mol. The van der Waals surface area contributed by atoms with Gasteiger partial charge in [-0.1, -0.05) is 238 Å². The average Bonchev–Trinajstić information content (AvgIpc) is 3.16. The molecule has 0 bridgehead atoms. The number of benzene rings is 1. The maximum Gasteiger partial charge on any atom is 0.252 e. The molecular weight excluding hydrogens is 641 g/mol. The summed E-state index contributed by atoms with van der Waals surface area (Å²) in [6, 6.07) is 6.78. The van der Waals surface area contributed by atoms with Crippen molar-refractivity contribution in [1.29, 1.82) is 0 Å². The molecular formula is C47H86N2O3. The summed E-state index contributed by atoms with van der Waals surface area (Å²) in [5.74, 6) is -0.339. The SMILES string of the molecule is CCCCCCCCCCCCCCCCCCC(N)(CCCCCCCCCCCCCCCCCC)C(O)CNC(=O)c1ccccc1C=O. The normalized spacial score (nSPS) is 12.3. The van der Waals surface area contributed by atoms with Crippen LogP contribution in [-0.4, -0.2) is 35.5 Å². The van der Waals surface area contributed by atoms with Gasteiger partial charge in [0.25, 0.3) is 5.91 Å². The lowest BCUT2D eigenvalue weighted by Gasteiger charge is -2.35. The predicted molar refractivity (Wildman–Crippen MR) is 225 cm³/mol. The highest BCUT2D eigenvalue weighted by Gasteiger charge is 2.33. The largest absolute Gasteiger partial charge is 0.389 e. The Kier molecular flexibility index (Phi) is 32.5. The van der Waals surface area contributed by atoms with Crippen molar-refractivity contribution in [2.24, 2.45) is 5.73 Å². The van der Waals surface area contributed by atoms with Crippen molar-refractivity contribution in [1.82, 2.24) is 5.32 Å². The summed E-state index contributed by atoms with van der Waals surface area (Å²) >= 11 is 0. The summed E-state index contributed by atoms with van der Waals surface area (Å²) in [5, 5.41) is 14.2. The van der Waals surface area contributed by atoms with Crippen LogP contribution in [-0.2, 0) is 0 Å². The Morgan fingerprint density at radius 2 is 0.885 bits per heavy atom. The first kappa shape index (κ1) is 48.3. The minimum Gasteiger partial charge on any atom is -0.389 e. The fourth-order valence-electron chi connectivity index (χ4n) is 7.76. The molecule has 0 saturated heterocycles. The van der Waals surface area contributed by atoms with Crippen molar-refractivity contribution in [3.8, 4) is 0 Å². The van der Waals surface area contributed by atoms with Crippen molar-refractivity contribution in [2.45, 2.75) is 244 Å². The molecule has 1 aromatic rings. The highest BCUT2D eigenvalue weighted by molar-refractivity contribution is 6.01. The Morgan fingerprint density at radius 3 is 1.21 bits per heavy atom. The summed E-state index contributed by atoms with van der Waals surface area (Å²) in [6.45, 7) is 4.66. The van der Waals surface area contributed by atoms with E-state index in [4.69, 9.17) is 5.73 Å². The zero-order valence-corrected chi connectivity index (χ0v) is 34.6. The summed E-state index contributed by atoms with van der Waals surface area (Å²) in [5.41, 5.74) is 6.96. The quantitative estimate of drug-likeness (QED) is 0.0465. The molecule has 1 rings (SSSR count). The first-order valence-corrected chi connectivity index (χ1v) is 22.8. The van der Waals surface area contributed by atoms with E-state index in [1.807, 2.05) is 0 Å². The van der Waals surface area contributed by atoms with Gasteiger partial charge in [0, 0.05) is 23.2 Å². The second-order valence-electron chi connectivity index (χ2n) is 16.3. The smallest absolute Gasteiger partial charge is 0.252 e. The molecule has 0 aromatic heterocycles. The van der Waals surface area contributed by atoms with E-state index in [-0.39, 0.29) is 12.5 Å². The number of hydrogen-bond acceptors (Lipinski definition) is 4. The van der Waals surface area contributed by atoms with Gasteiger partial charge in [-0.15, -0.1) is 0 Å². The Labute approximate surface area is 322 Å². The minimum absolute atomic E-state index is 0.0975. The molecule has 0 heterocycles. The third kappa shape index (κ3) is 26.1. The zero-order valence-electron chi connectivity index (χ0n) is 34.6. The van der Waals surface area contributed by atoms with Crippen LogP contribution in [0.5, 0.6) is 0 Å². The molecule has 1 aromatic carbocycles. The third-order valence-electron chi connectivity index (χ3n) is 11.4. The van der Waals surface area contributed by atoms with Crippen molar-refractivity contribution < 1.29 is 14.7 Å². The van der Waals surface area contributed by atoms with Gasteiger partial charge < -0.3 is 16.2 Å². The number of amides is 1. The first-order valence-electron chi connectivity index (χ1n) is 22.8. The molecule has 0 spiro atoms. The van der Waals surface area contributed by atoms with E-state index in [1.54, 1.807) is 24.3 Å². The van der Waals surface area contributed by atoms with Gasteiger partial charge in [-0.25, -0.2) is 0 Å². The molecule has 0 saturated carbocycles. The number of hydrogen-bond donors (Lipinski definition) is 3. The van der Waals surface area contributed by atoms with Gasteiger partial charge in [-0.05, 0) is 18.9 Å². The monoisotopic (exact) mass is 727 g/mol. The van der Waals surface area contributed by atoms with Crippen LogP contribution in [0.2, 0.25) is 0 Å². The molecule has 5 nitrogen and oxygen atoms in total. The van der Waals surface area contributed by atoms with Crippen LogP contribution >= 0.6 is 0 Å². The van der Waals surface area contributed by atoms with Gasteiger partial charge in [0.05, 0.1) is 6.10 Å². The van der Waals surface area contributed by atoms with Gasteiger partial charge in [-0.2, -0.15) is 0 Å².